The number of rotatable bonds is 7. The van der Waals surface area contributed by atoms with Crippen LogP contribution in [0.15, 0.2) is 53.7 Å². The largest absolute Gasteiger partial charge is 0.497 e. The van der Waals surface area contributed by atoms with E-state index in [1.807, 2.05) is 0 Å². The van der Waals surface area contributed by atoms with Crippen LogP contribution in [0.5, 0.6) is 11.5 Å². The highest BCUT2D eigenvalue weighted by Crippen LogP contribution is 2.16. The van der Waals surface area contributed by atoms with E-state index in [9.17, 15) is 9.59 Å². The molecule has 0 radical (unpaired) electrons. The minimum atomic E-state index is -0.706. The van der Waals surface area contributed by atoms with Crippen molar-refractivity contribution in [2.24, 2.45) is 5.16 Å². The Balaban J connectivity index is 2.08. The van der Waals surface area contributed by atoms with Crippen molar-refractivity contribution < 1.29 is 23.9 Å². The van der Waals surface area contributed by atoms with Gasteiger partial charge in [-0.15, -0.1) is 0 Å². The molecule has 0 saturated heterocycles. The van der Waals surface area contributed by atoms with Crippen molar-refractivity contribution >= 4 is 28.9 Å². The summed E-state index contributed by atoms with van der Waals surface area (Å²) in [5.74, 6) is -0.122. The number of anilines is 2. The average Bonchev–Trinajstić information content (AvgIpc) is 2.67. The maximum atomic E-state index is 12.4. The summed E-state index contributed by atoms with van der Waals surface area (Å²) in [6.45, 7) is 0. The quantitative estimate of drug-likeness (QED) is 0.450. The summed E-state index contributed by atoms with van der Waals surface area (Å²) in [7, 11) is 4.34. The maximum Gasteiger partial charge on any atom is 0.283 e. The van der Waals surface area contributed by atoms with E-state index in [1.165, 1.54) is 7.11 Å². The summed E-state index contributed by atoms with van der Waals surface area (Å²) in [6, 6.07) is 13.3. The molecule has 2 aromatic carbocycles. The Morgan fingerprint density at radius 1 is 0.731 bits per heavy atom. The zero-order chi connectivity index (χ0) is 18.9. The van der Waals surface area contributed by atoms with Gasteiger partial charge in [-0.3, -0.25) is 9.59 Å². The first kappa shape index (κ1) is 18.8. The van der Waals surface area contributed by atoms with E-state index in [0.29, 0.717) is 22.9 Å². The molecular formula is C18H19N3O5. The Hall–Kier alpha value is -3.55. The number of hydrogen-bond donors (Lipinski definition) is 2. The number of benzene rings is 2. The van der Waals surface area contributed by atoms with Crippen LogP contribution in [-0.4, -0.2) is 38.9 Å². The highest BCUT2D eigenvalue weighted by molar-refractivity contribution is 6.68. The van der Waals surface area contributed by atoms with Crippen LogP contribution in [0.2, 0.25) is 0 Å². The van der Waals surface area contributed by atoms with Crippen molar-refractivity contribution in [3.63, 3.8) is 0 Å². The molecule has 0 atom stereocenters. The smallest absolute Gasteiger partial charge is 0.283 e. The van der Waals surface area contributed by atoms with Crippen LogP contribution in [0.3, 0.4) is 0 Å². The number of nitrogens with one attached hydrogen (secondary N) is 2. The number of oxime groups is 1. The molecular weight excluding hydrogens is 338 g/mol. The summed E-state index contributed by atoms with van der Waals surface area (Å²) in [5, 5.41) is 8.68. The van der Waals surface area contributed by atoms with Crippen molar-refractivity contribution in [3.05, 3.63) is 48.5 Å². The van der Waals surface area contributed by atoms with Crippen LogP contribution in [-0.2, 0) is 14.4 Å². The van der Waals surface area contributed by atoms with Gasteiger partial charge in [0.1, 0.15) is 18.6 Å². The molecule has 26 heavy (non-hydrogen) atoms. The minimum Gasteiger partial charge on any atom is -0.497 e. The lowest BCUT2D eigenvalue weighted by molar-refractivity contribution is -0.114. The zero-order valence-electron chi connectivity index (χ0n) is 14.6. The first-order chi connectivity index (χ1) is 12.6. The second-order valence-corrected chi connectivity index (χ2v) is 4.99. The van der Waals surface area contributed by atoms with Gasteiger partial charge in [0.15, 0.2) is 0 Å². The van der Waals surface area contributed by atoms with Crippen LogP contribution >= 0.6 is 0 Å². The Morgan fingerprint density at radius 3 is 1.42 bits per heavy atom. The molecule has 8 nitrogen and oxygen atoms in total. The molecule has 0 saturated carbocycles. The molecule has 0 heterocycles. The van der Waals surface area contributed by atoms with Crippen molar-refractivity contribution in [2.75, 3.05) is 32.0 Å². The number of carbonyl (C=O) groups is 2. The number of nitrogens with zero attached hydrogens (tertiary/aromatic N) is 1. The molecule has 0 aromatic heterocycles. The van der Waals surface area contributed by atoms with E-state index in [-0.39, 0.29) is 0 Å². The van der Waals surface area contributed by atoms with Crippen molar-refractivity contribution in [1.82, 2.24) is 0 Å². The number of ether oxygens (including phenoxy) is 2. The third-order valence-corrected chi connectivity index (χ3v) is 3.31. The van der Waals surface area contributed by atoms with Gasteiger partial charge in [0.25, 0.3) is 11.8 Å². The summed E-state index contributed by atoms with van der Waals surface area (Å²) in [6.07, 6.45) is 0. The van der Waals surface area contributed by atoms with Crippen LogP contribution in [0.1, 0.15) is 0 Å². The first-order valence-electron chi connectivity index (χ1n) is 7.59. The van der Waals surface area contributed by atoms with Crippen molar-refractivity contribution in [1.29, 1.82) is 0 Å². The van der Waals surface area contributed by atoms with Crippen LogP contribution in [0.4, 0.5) is 11.4 Å². The molecule has 136 valence electrons. The zero-order valence-corrected chi connectivity index (χ0v) is 14.6. The summed E-state index contributed by atoms with van der Waals surface area (Å²) < 4.78 is 10.1. The highest BCUT2D eigenvalue weighted by atomic mass is 16.6. The fourth-order valence-corrected chi connectivity index (χ4v) is 2.01. The van der Waals surface area contributed by atoms with E-state index < -0.39 is 17.5 Å². The third kappa shape index (κ3) is 4.97. The van der Waals surface area contributed by atoms with E-state index in [1.54, 1.807) is 62.8 Å². The Kier molecular flexibility index (Phi) is 6.55. The van der Waals surface area contributed by atoms with Crippen molar-refractivity contribution in [3.8, 4) is 11.5 Å². The molecule has 2 amide bonds. The molecule has 0 fully saturated rings. The SMILES string of the molecule is CON=C(C(=O)Nc1ccc(OC)cc1)C(=O)Nc1ccc(OC)cc1. The normalized spacial score (nSPS) is 9.65. The second-order valence-electron chi connectivity index (χ2n) is 4.99. The number of carbonyl (C=O) groups excluding carboxylic acids is 2. The molecule has 2 aromatic rings. The Labute approximate surface area is 150 Å². The maximum absolute atomic E-state index is 12.4. The molecule has 0 aliphatic rings. The predicted molar refractivity (Wildman–Crippen MR) is 97.7 cm³/mol. The van der Waals surface area contributed by atoms with Gasteiger partial charge < -0.3 is 24.9 Å². The lowest BCUT2D eigenvalue weighted by Crippen LogP contribution is -2.34. The van der Waals surface area contributed by atoms with Gasteiger partial charge in [-0.25, -0.2) is 0 Å². The van der Waals surface area contributed by atoms with Gasteiger partial charge in [-0.1, -0.05) is 5.16 Å². The standard InChI is InChI=1S/C18H19N3O5/c1-24-14-8-4-12(5-9-14)19-17(22)16(21-26-3)18(23)20-13-6-10-15(25-2)11-7-13/h4-11H,1-3H3,(H,19,22)(H,20,23). The first-order valence-corrected chi connectivity index (χ1v) is 7.59. The Bertz CT molecular complexity index is 722. The fourth-order valence-electron chi connectivity index (χ4n) is 2.01. The van der Waals surface area contributed by atoms with Crippen LogP contribution < -0.4 is 20.1 Å². The fraction of sp³-hybridized carbons (Fsp3) is 0.167. The monoisotopic (exact) mass is 357 g/mol. The molecule has 2 rings (SSSR count). The van der Waals surface area contributed by atoms with Crippen LogP contribution in [0.25, 0.3) is 0 Å². The van der Waals surface area contributed by atoms with Gasteiger partial charge in [0.05, 0.1) is 14.2 Å². The Morgan fingerprint density at radius 2 is 1.12 bits per heavy atom. The van der Waals surface area contributed by atoms with E-state index in [2.05, 4.69) is 20.6 Å². The molecule has 0 spiro atoms. The average molecular weight is 357 g/mol. The van der Waals surface area contributed by atoms with Gasteiger partial charge in [-0.05, 0) is 48.5 Å². The van der Waals surface area contributed by atoms with Gasteiger partial charge in [-0.2, -0.15) is 0 Å². The molecule has 0 unspecified atom stereocenters. The lowest BCUT2D eigenvalue weighted by Gasteiger charge is -2.09. The summed E-state index contributed by atoms with van der Waals surface area (Å²) >= 11 is 0. The third-order valence-electron chi connectivity index (χ3n) is 3.31. The van der Waals surface area contributed by atoms with Gasteiger partial charge in [0.2, 0.25) is 5.71 Å². The summed E-state index contributed by atoms with van der Waals surface area (Å²) in [4.78, 5) is 29.3. The molecule has 0 aliphatic heterocycles. The van der Waals surface area contributed by atoms with E-state index >= 15 is 0 Å². The predicted octanol–water partition coefficient (Wildman–Crippen LogP) is 2.28. The van der Waals surface area contributed by atoms with Crippen LogP contribution in [0, 0.1) is 0 Å². The number of amides is 2. The van der Waals surface area contributed by atoms with Crippen molar-refractivity contribution in [2.45, 2.75) is 0 Å². The molecule has 0 aliphatic carbocycles. The van der Waals surface area contributed by atoms with Gasteiger partial charge in [0, 0.05) is 11.4 Å². The summed E-state index contributed by atoms with van der Waals surface area (Å²) in [5.41, 5.74) is 0.549. The molecule has 2 N–H and O–H groups in total. The highest BCUT2D eigenvalue weighted by Gasteiger charge is 2.22. The number of methoxy groups -OCH3 is 2. The topological polar surface area (TPSA) is 98.3 Å². The minimum absolute atomic E-state index is 0.417. The lowest BCUT2D eigenvalue weighted by atomic mass is 10.2. The van der Waals surface area contributed by atoms with E-state index in [0.717, 1.165) is 0 Å². The second kappa shape index (κ2) is 9.07. The molecule has 0 bridgehead atoms. The molecule has 8 heteroatoms. The number of hydrogen-bond acceptors (Lipinski definition) is 6. The van der Waals surface area contributed by atoms with E-state index in [4.69, 9.17) is 9.47 Å². The van der Waals surface area contributed by atoms with Gasteiger partial charge >= 0.3 is 0 Å².